The number of hydrogen-bond donors (Lipinski definition) is 1. The molecular weight excluding hydrogens is 296 g/mol. The maximum Gasteiger partial charge on any atom is 0.154 e. The van der Waals surface area contributed by atoms with Crippen molar-refractivity contribution in [2.24, 2.45) is 0 Å². The van der Waals surface area contributed by atoms with Crippen molar-refractivity contribution >= 4 is 34.7 Å². The van der Waals surface area contributed by atoms with E-state index in [2.05, 4.69) is 41.7 Å². The molecule has 0 bridgehead atoms. The van der Waals surface area contributed by atoms with Gasteiger partial charge in [-0.05, 0) is 24.6 Å². The van der Waals surface area contributed by atoms with E-state index in [0.29, 0.717) is 6.04 Å². The number of benzene rings is 1. The number of aryl methyl sites for hydroxylation is 1. The number of halogens is 1. The van der Waals surface area contributed by atoms with Gasteiger partial charge in [-0.2, -0.15) is 0 Å². The van der Waals surface area contributed by atoms with Gasteiger partial charge in [0.05, 0.1) is 5.02 Å². The number of hydrogen-bond acceptors (Lipinski definition) is 4. The third-order valence-corrected chi connectivity index (χ3v) is 5.06. The summed E-state index contributed by atoms with van der Waals surface area (Å²) in [5, 5.41) is 6.23. The third-order valence-electron chi connectivity index (χ3n) is 2.51. The lowest BCUT2D eigenvalue weighted by molar-refractivity contribution is 0.589. The molecule has 0 aliphatic rings. The Morgan fingerprint density at radius 2 is 2.21 bits per heavy atom. The van der Waals surface area contributed by atoms with Crippen molar-refractivity contribution in [1.82, 2.24) is 10.3 Å². The highest BCUT2D eigenvalue weighted by Crippen LogP contribution is 2.35. The second kappa shape index (κ2) is 6.75. The van der Waals surface area contributed by atoms with Crippen molar-refractivity contribution in [2.75, 3.05) is 0 Å². The maximum absolute atomic E-state index is 6.33. The molecule has 0 aliphatic carbocycles. The van der Waals surface area contributed by atoms with Crippen LogP contribution in [-0.4, -0.2) is 11.0 Å². The minimum absolute atomic E-state index is 0.478. The lowest BCUT2D eigenvalue weighted by Gasteiger charge is -2.09. The molecule has 2 aromatic rings. The lowest BCUT2D eigenvalue weighted by atomic mass is 10.2. The largest absolute Gasteiger partial charge is 0.310 e. The van der Waals surface area contributed by atoms with Crippen LogP contribution in [0.15, 0.2) is 32.8 Å². The van der Waals surface area contributed by atoms with Gasteiger partial charge >= 0.3 is 0 Å². The van der Waals surface area contributed by atoms with E-state index in [9.17, 15) is 0 Å². The van der Waals surface area contributed by atoms with Crippen LogP contribution in [0.3, 0.4) is 0 Å². The zero-order valence-electron chi connectivity index (χ0n) is 11.2. The average molecular weight is 313 g/mol. The molecule has 1 aromatic carbocycles. The molecule has 0 amide bonds. The quantitative estimate of drug-likeness (QED) is 0.862. The summed E-state index contributed by atoms with van der Waals surface area (Å²) in [5.41, 5.74) is 2.26. The Balaban J connectivity index is 2.06. The van der Waals surface area contributed by atoms with Gasteiger partial charge in [0.2, 0.25) is 0 Å². The van der Waals surface area contributed by atoms with Crippen molar-refractivity contribution in [3.05, 3.63) is 39.9 Å². The molecule has 0 atom stereocenters. The molecule has 1 N–H and O–H groups in total. The summed E-state index contributed by atoms with van der Waals surface area (Å²) in [6, 6.07) is 6.69. The molecule has 0 saturated heterocycles. The highest BCUT2D eigenvalue weighted by atomic mass is 35.5. The van der Waals surface area contributed by atoms with Crippen LogP contribution < -0.4 is 5.32 Å². The Labute approximate surface area is 127 Å². The predicted octanol–water partition coefficient (Wildman–Crippen LogP) is 4.75. The number of nitrogens with zero attached hydrogens (tertiary/aromatic N) is 1. The molecule has 1 heterocycles. The highest BCUT2D eigenvalue weighted by molar-refractivity contribution is 8.01. The summed E-state index contributed by atoms with van der Waals surface area (Å²) >= 11 is 9.61. The van der Waals surface area contributed by atoms with E-state index < -0.39 is 0 Å². The fourth-order valence-electron chi connectivity index (χ4n) is 1.53. The molecule has 5 heteroatoms. The fourth-order valence-corrected chi connectivity index (χ4v) is 3.65. The number of nitrogens with one attached hydrogen (secondary N) is 1. The van der Waals surface area contributed by atoms with Gasteiger partial charge in [-0.3, -0.25) is 0 Å². The molecule has 0 aliphatic heterocycles. The van der Waals surface area contributed by atoms with Gasteiger partial charge in [-0.25, -0.2) is 4.98 Å². The van der Waals surface area contributed by atoms with Crippen molar-refractivity contribution in [1.29, 1.82) is 0 Å². The van der Waals surface area contributed by atoms with E-state index in [1.807, 2.05) is 13.0 Å². The first kappa shape index (κ1) is 14.9. The Morgan fingerprint density at radius 3 is 2.79 bits per heavy atom. The fraction of sp³-hybridized carbons (Fsp3) is 0.357. The van der Waals surface area contributed by atoms with Crippen LogP contribution in [0.1, 0.15) is 25.1 Å². The molecule has 0 spiro atoms. The van der Waals surface area contributed by atoms with Gasteiger partial charge < -0.3 is 5.32 Å². The first-order chi connectivity index (χ1) is 9.04. The van der Waals surface area contributed by atoms with E-state index in [1.54, 1.807) is 23.1 Å². The molecule has 1 aromatic heterocycles. The van der Waals surface area contributed by atoms with Crippen LogP contribution in [0.2, 0.25) is 5.02 Å². The van der Waals surface area contributed by atoms with E-state index >= 15 is 0 Å². The number of thiazole rings is 1. The Morgan fingerprint density at radius 1 is 1.42 bits per heavy atom. The molecule has 0 unspecified atom stereocenters. The summed E-state index contributed by atoms with van der Waals surface area (Å²) in [6.45, 7) is 7.12. The molecule has 2 nitrogen and oxygen atoms in total. The van der Waals surface area contributed by atoms with Crippen LogP contribution in [-0.2, 0) is 6.54 Å². The summed E-state index contributed by atoms with van der Waals surface area (Å²) in [7, 11) is 0. The predicted molar refractivity (Wildman–Crippen MR) is 84.4 cm³/mol. The first-order valence-corrected chi connectivity index (χ1v) is 8.24. The summed E-state index contributed by atoms with van der Waals surface area (Å²) in [4.78, 5) is 5.50. The van der Waals surface area contributed by atoms with Crippen molar-refractivity contribution in [2.45, 2.75) is 42.6 Å². The van der Waals surface area contributed by atoms with Gasteiger partial charge in [0, 0.05) is 28.6 Å². The summed E-state index contributed by atoms with van der Waals surface area (Å²) in [6.07, 6.45) is 0. The van der Waals surface area contributed by atoms with E-state index in [-0.39, 0.29) is 0 Å². The Kier molecular flexibility index (Phi) is 5.28. The Bertz CT molecular complexity index is 552. The average Bonchev–Trinajstić information content (AvgIpc) is 2.75. The van der Waals surface area contributed by atoms with Crippen molar-refractivity contribution < 1.29 is 0 Å². The molecule has 102 valence electrons. The first-order valence-electron chi connectivity index (χ1n) is 6.16. The topological polar surface area (TPSA) is 24.9 Å². The van der Waals surface area contributed by atoms with Gasteiger partial charge in [0.25, 0.3) is 0 Å². The SMILES string of the molecule is Cc1csc(Sc2ccc(CNC(C)C)cc2Cl)n1. The number of rotatable bonds is 5. The van der Waals surface area contributed by atoms with E-state index in [0.717, 1.165) is 26.5 Å². The minimum Gasteiger partial charge on any atom is -0.310 e. The number of aromatic nitrogens is 1. The smallest absolute Gasteiger partial charge is 0.154 e. The third kappa shape index (κ3) is 4.49. The Hall–Kier alpha value is -0.550. The maximum atomic E-state index is 6.33. The molecule has 0 saturated carbocycles. The van der Waals surface area contributed by atoms with Gasteiger partial charge in [0.1, 0.15) is 0 Å². The molecular formula is C14H17ClN2S2. The van der Waals surface area contributed by atoms with E-state index in [4.69, 9.17) is 11.6 Å². The van der Waals surface area contributed by atoms with Gasteiger partial charge in [-0.15, -0.1) is 11.3 Å². The zero-order chi connectivity index (χ0) is 13.8. The molecule has 0 fully saturated rings. The van der Waals surface area contributed by atoms with E-state index in [1.165, 1.54) is 5.56 Å². The summed E-state index contributed by atoms with van der Waals surface area (Å²) < 4.78 is 1.03. The van der Waals surface area contributed by atoms with Crippen LogP contribution in [0.5, 0.6) is 0 Å². The highest BCUT2D eigenvalue weighted by Gasteiger charge is 2.07. The molecule has 2 rings (SSSR count). The van der Waals surface area contributed by atoms with Gasteiger partial charge in [-0.1, -0.05) is 43.3 Å². The van der Waals surface area contributed by atoms with Crippen LogP contribution in [0.4, 0.5) is 0 Å². The second-order valence-electron chi connectivity index (χ2n) is 4.66. The van der Waals surface area contributed by atoms with Gasteiger partial charge in [0.15, 0.2) is 4.34 Å². The van der Waals surface area contributed by atoms with Crippen molar-refractivity contribution in [3.63, 3.8) is 0 Å². The lowest BCUT2D eigenvalue weighted by Crippen LogP contribution is -2.21. The van der Waals surface area contributed by atoms with Crippen LogP contribution >= 0.6 is 34.7 Å². The zero-order valence-corrected chi connectivity index (χ0v) is 13.6. The monoisotopic (exact) mass is 312 g/mol. The van der Waals surface area contributed by atoms with Crippen LogP contribution in [0, 0.1) is 6.92 Å². The second-order valence-corrected chi connectivity index (χ2v) is 7.21. The summed E-state index contributed by atoms with van der Waals surface area (Å²) in [5.74, 6) is 0. The molecule has 0 radical (unpaired) electrons. The van der Waals surface area contributed by atoms with Crippen molar-refractivity contribution in [3.8, 4) is 0 Å². The minimum atomic E-state index is 0.478. The standard InChI is InChI=1S/C14H17ClN2S2/c1-9(2)16-7-11-4-5-13(12(15)6-11)19-14-17-10(3)8-18-14/h4-6,8-9,16H,7H2,1-3H3. The molecule has 19 heavy (non-hydrogen) atoms. The normalized spacial score (nSPS) is 11.2. The van der Waals surface area contributed by atoms with Crippen LogP contribution in [0.25, 0.3) is 0 Å².